The van der Waals surface area contributed by atoms with Crippen LogP contribution in [0.1, 0.15) is 29.3 Å². The molecule has 0 unspecified atom stereocenters. The molecule has 0 aliphatic carbocycles. The molecule has 0 aliphatic heterocycles. The summed E-state index contributed by atoms with van der Waals surface area (Å²) in [6, 6.07) is 0. The minimum Gasteiger partial charge on any atom is -0.458 e. The van der Waals surface area contributed by atoms with Crippen molar-refractivity contribution in [3.8, 4) is 5.13 Å². The topological polar surface area (TPSA) is 109 Å². The molecule has 9 heteroatoms. The average molecular weight is 268 g/mol. The number of rotatable bonds is 3. The summed E-state index contributed by atoms with van der Waals surface area (Å²) in [4.78, 5) is 11.7. The highest BCUT2D eigenvalue weighted by Crippen LogP contribution is 2.18. The second-order valence-electron chi connectivity index (χ2n) is 3.79. The van der Waals surface area contributed by atoms with Crippen LogP contribution >= 0.6 is 11.3 Å². The first-order valence-corrected chi connectivity index (χ1v) is 6.03. The van der Waals surface area contributed by atoms with Crippen molar-refractivity contribution in [2.75, 3.05) is 5.73 Å². The number of nitrogens with zero attached hydrogens (tertiary/aromatic N) is 5. The summed E-state index contributed by atoms with van der Waals surface area (Å²) in [6.07, 6.45) is -0.245. The molecule has 0 spiro atoms. The predicted molar refractivity (Wildman–Crippen MR) is 64.5 cm³/mol. The minimum atomic E-state index is -0.602. The Bertz CT molecular complexity index is 575. The quantitative estimate of drug-likeness (QED) is 0.810. The molecule has 2 aromatic rings. The maximum Gasteiger partial charge on any atom is 0.363 e. The molecule has 0 saturated heterocycles. The lowest BCUT2D eigenvalue weighted by Crippen LogP contribution is -2.14. The van der Waals surface area contributed by atoms with Crippen molar-refractivity contribution >= 4 is 23.1 Å². The van der Waals surface area contributed by atoms with Gasteiger partial charge in [0.2, 0.25) is 10.8 Å². The number of nitrogen functional groups attached to an aromatic ring is 1. The van der Waals surface area contributed by atoms with E-state index in [0.717, 1.165) is 5.01 Å². The normalized spacial score (nSPS) is 10.9. The lowest BCUT2D eigenvalue weighted by Gasteiger charge is -2.05. The Balaban J connectivity index is 2.32. The third-order valence-corrected chi connectivity index (χ3v) is 2.75. The number of esters is 1. The monoisotopic (exact) mass is 268 g/mol. The van der Waals surface area contributed by atoms with Gasteiger partial charge in [0.05, 0.1) is 6.10 Å². The zero-order valence-electron chi connectivity index (χ0n) is 10.1. The van der Waals surface area contributed by atoms with E-state index in [4.69, 9.17) is 10.5 Å². The second kappa shape index (κ2) is 4.69. The van der Waals surface area contributed by atoms with Gasteiger partial charge in [-0.1, -0.05) is 16.6 Å². The molecule has 96 valence electrons. The van der Waals surface area contributed by atoms with Crippen LogP contribution in [0.15, 0.2) is 0 Å². The number of hydrogen-bond acceptors (Lipinski definition) is 8. The molecule has 0 aromatic carbocycles. The Labute approximate surface area is 107 Å². The van der Waals surface area contributed by atoms with Crippen LogP contribution in [0.3, 0.4) is 0 Å². The average Bonchev–Trinajstić information content (AvgIpc) is 2.83. The predicted octanol–water partition coefficient (Wildman–Crippen LogP) is 0.575. The minimum absolute atomic E-state index is 0.0171. The fourth-order valence-electron chi connectivity index (χ4n) is 1.22. The van der Waals surface area contributed by atoms with E-state index in [0.29, 0.717) is 5.13 Å². The first-order chi connectivity index (χ1) is 8.49. The Hall–Kier alpha value is -2.03. The SMILES string of the molecule is Cc1nnc(-n2nnc(C(=O)OC(C)C)c2N)s1. The molecular formula is C9H12N6O2S. The van der Waals surface area contributed by atoms with Crippen LogP contribution in [0.2, 0.25) is 0 Å². The van der Waals surface area contributed by atoms with Crippen molar-refractivity contribution in [1.82, 2.24) is 25.2 Å². The van der Waals surface area contributed by atoms with Crippen LogP contribution in [0.5, 0.6) is 0 Å². The number of hydrogen-bond donors (Lipinski definition) is 1. The number of carbonyl (C=O) groups excluding carboxylic acids is 1. The van der Waals surface area contributed by atoms with E-state index >= 15 is 0 Å². The van der Waals surface area contributed by atoms with Crippen molar-refractivity contribution < 1.29 is 9.53 Å². The molecule has 2 heterocycles. The molecule has 2 rings (SSSR count). The Kier molecular flexibility index (Phi) is 3.24. The first-order valence-electron chi connectivity index (χ1n) is 5.21. The number of aryl methyl sites for hydroxylation is 1. The highest BCUT2D eigenvalue weighted by Gasteiger charge is 2.21. The largest absolute Gasteiger partial charge is 0.458 e. The van der Waals surface area contributed by atoms with Gasteiger partial charge < -0.3 is 10.5 Å². The molecule has 0 radical (unpaired) electrons. The lowest BCUT2D eigenvalue weighted by atomic mass is 10.4. The fraction of sp³-hybridized carbons (Fsp3) is 0.444. The number of anilines is 1. The number of ether oxygens (including phenoxy) is 1. The standard InChI is InChI=1S/C9H12N6O2S/c1-4(2)17-8(16)6-7(10)15(14-12-6)9-13-11-5(3)18-9/h4H,10H2,1-3H3. The van der Waals surface area contributed by atoms with E-state index in [2.05, 4.69) is 20.5 Å². The molecule has 0 saturated carbocycles. The zero-order valence-corrected chi connectivity index (χ0v) is 10.9. The summed E-state index contributed by atoms with van der Waals surface area (Å²) in [5, 5.41) is 16.4. The molecule has 2 aromatic heterocycles. The van der Waals surface area contributed by atoms with Gasteiger partial charge in [-0.3, -0.25) is 0 Å². The van der Waals surface area contributed by atoms with Crippen molar-refractivity contribution in [1.29, 1.82) is 0 Å². The fourth-order valence-corrected chi connectivity index (χ4v) is 1.87. The molecule has 2 N–H and O–H groups in total. The number of aromatic nitrogens is 5. The maximum absolute atomic E-state index is 11.7. The van der Waals surface area contributed by atoms with Crippen molar-refractivity contribution in [2.45, 2.75) is 26.9 Å². The van der Waals surface area contributed by atoms with Crippen LogP contribution < -0.4 is 5.73 Å². The van der Waals surface area contributed by atoms with Crippen LogP contribution in [0.4, 0.5) is 5.82 Å². The van der Waals surface area contributed by atoms with Gasteiger partial charge in [0, 0.05) is 0 Å². The van der Waals surface area contributed by atoms with Gasteiger partial charge in [0.1, 0.15) is 5.01 Å². The second-order valence-corrected chi connectivity index (χ2v) is 4.95. The lowest BCUT2D eigenvalue weighted by molar-refractivity contribution is 0.0372. The first kappa shape index (κ1) is 12.4. The third-order valence-electron chi connectivity index (χ3n) is 1.94. The van der Waals surface area contributed by atoms with Crippen LogP contribution in [0, 0.1) is 6.92 Å². The third kappa shape index (κ3) is 2.30. The molecule has 8 nitrogen and oxygen atoms in total. The van der Waals surface area contributed by atoms with Crippen molar-refractivity contribution in [3.63, 3.8) is 0 Å². The van der Waals surface area contributed by atoms with Gasteiger partial charge in [0.15, 0.2) is 5.82 Å². The Morgan fingerprint density at radius 3 is 2.67 bits per heavy atom. The van der Waals surface area contributed by atoms with Crippen LogP contribution in [0.25, 0.3) is 5.13 Å². The summed E-state index contributed by atoms with van der Waals surface area (Å²) >= 11 is 1.30. The highest BCUT2D eigenvalue weighted by atomic mass is 32.1. The van der Waals surface area contributed by atoms with E-state index in [-0.39, 0.29) is 17.6 Å². The van der Waals surface area contributed by atoms with Crippen LogP contribution in [-0.4, -0.2) is 37.3 Å². The van der Waals surface area contributed by atoms with E-state index < -0.39 is 5.97 Å². The molecule has 0 atom stereocenters. The van der Waals surface area contributed by atoms with Gasteiger partial charge in [-0.25, -0.2) is 4.79 Å². The van der Waals surface area contributed by atoms with E-state index in [1.165, 1.54) is 16.0 Å². The summed E-state index contributed by atoms with van der Waals surface area (Å²) in [6.45, 7) is 5.29. The maximum atomic E-state index is 11.7. The molecular weight excluding hydrogens is 256 g/mol. The van der Waals surface area contributed by atoms with E-state index in [9.17, 15) is 4.79 Å². The summed E-state index contributed by atoms with van der Waals surface area (Å²) < 4.78 is 6.27. The Morgan fingerprint density at radius 2 is 2.11 bits per heavy atom. The van der Waals surface area contributed by atoms with Gasteiger partial charge in [-0.05, 0) is 20.8 Å². The number of carbonyl (C=O) groups is 1. The van der Waals surface area contributed by atoms with E-state index in [1.807, 2.05) is 6.92 Å². The molecule has 0 aliphatic rings. The summed E-state index contributed by atoms with van der Waals surface area (Å²) in [7, 11) is 0. The van der Waals surface area contributed by atoms with Gasteiger partial charge >= 0.3 is 5.97 Å². The van der Waals surface area contributed by atoms with Gasteiger partial charge in [0.25, 0.3) is 0 Å². The van der Waals surface area contributed by atoms with E-state index in [1.54, 1.807) is 13.8 Å². The van der Waals surface area contributed by atoms with Crippen molar-refractivity contribution in [3.05, 3.63) is 10.7 Å². The molecule has 0 bridgehead atoms. The zero-order chi connectivity index (χ0) is 13.3. The summed E-state index contributed by atoms with van der Waals surface area (Å²) in [5.74, 6) is -0.508. The molecule has 18 heavy (non-hydrogen) atoms. The smallest absolute Gasteiger partial charge is 0.363 e. The molecule has 0 amide bonds. The van der Waals surface area contributed by atoms with Gasteiger partial charge in [-0.15, -0.1) is 15.3 Å². The van der Waals surface area contributed by atoms with Gasteiger partial charge in [-0.2, -0.15) is 4.68 Å². The van der Waals surface area contributed by atoms with Crippen molar-refractivity contribution in [2.24, 2.45) is 0 Å². The van der Waals surface area contributed by atoms with Crippen LogP contribution in [-0.2, 0) is 4.74 Å². The highest BCUT2D eigenvalue weighted by molar-refractivity contribution is 7.13. The summed E-state index contributed by atoms with van der Waals surface area (Å²) in [5.41, 5.74) is 5.78. The number of nitrogens with two attached hydrogens (primary N) is 1. The molecule has 0 fully saturated rings. The Morgan fingerprint density at radius 1 is 1.39 bits per heavy atom.